The lowest BCUT2D eigenvalue weighted by Gasteiger charge is -2.25. The summed E-state index contributed by atoms with van der Waals surface area (Å²) in [5.74, 6) is -0.741. The summed E-state index contributed by atoms with van der Waals surface area (Å²) in [4.78, 5) is 43.8. The number of methoxy groups -OCH3 is 1. The van der Waals surface area contributed by atoms with Crippen LogP contribution in [0.25, 0.3) is 5.57 Å². The number of thiazole rings is 1. The second-order valence-electron chi connectivity index (χ2n) is 7.02. The van der Waals surface area contributed by atoms with E-state index in [-0.39, 0.29) is 23.7 Å². The summed E-state index contributed by atoms with van der Waals surface area (Å²) < 4.78 is 7.11. The van der Waals surface area contributed by atoms with Crippen molar-refractivity contribution in [3.05, 3.63) is 73.3 Å². The lowest BCUT2D eigenvalue weighted by Crippen LogP contribution is -2.43. The van der Waals surface area contributed by atoms with Gasteiger partial charge in [0, 0.05) is 16.9 Å². The molecule has 2 aliphatic rings. The molecule has 2 aliphatic heterocycles. The summed E-state index contributed by atoms with van der Waals surface area (Å²) in [6, 6.07) is 11.6. The van der Waals surface area contributed by atoms with Crippen molar-refractivity contribution in [3.63, 3.8) is 0 Å². The molecule has 1 amide bonds. The fraction of sp³-hybridized carbons (Fsp3) is 0.143. The number of carbonyl (C=O) groups is 2. The molecule has 2 aromatic carbocycles. The minimum atomic E-state index is -1.00. The lowest BCUT2D eigenvalue weighted by molar-refractivity contribution is -0.110. The van der Waals surface area contributed by atoms with Crippen molar-refractivity contribution in [1.82, 2.24) is 4.57 Å². The van der Waals surface area contributed by atoms with Crippen molar-refractivity contribution in [2.45, 2.75) is 6.67 Å². The van der Waals surface area contributed by atoms with Crippen LogP contribution in [0.1, 0.15) is 15.9 Å². The SMILES string of the molecule is COc1ccc2c(c1)C(=c1sc3n(c1=O)CN(c1ccc(C(=O)O)cc1)CN=3)C(=O)N2. The first-order chi connectivity index (χ1) is 15.0. The first-order valence-corrected chi connectivity index (χ1v) is 10.1. The zero-order valence-electron chi connectivity index (χ0n) is 16.3. The van der Waals surface area contributed by atoms with Crippen molar-refractivity contribution in [2.24, 2.45) is 4.99 Å². The van der Waals surface area contributed by atoms with E-state index in [1.54, 1.807) is 37.4 Å². The standard InChI is InChI=1S/C21H16N4O5S/c1-30-13-6-7-15-14(8-13)16(18(26)23-15)17-19(27)25-10-24(9-22-21(25)31-17)12-4-2-11(3-5-12)20(28)29/h2-8H,9-10H2,1H3,(H,23,26)(H,28,29). The molecular weight excluding hydrogens is 420 g/mol. The number of rotatable bonds is 3. The fourth-order valence-electron chi connectivity index (χ4n) is 3.64. The summed E-state index contributed by atoms with van der Waals surface area (Å²) in [6.07, 6.45) is 0. The predicted molar refractivity (Wildman–Crippen MR) is 114 cm³/mol. The molecule has 0 radical (unpaired) electrons. The first-order valence-electron chi connectivity index (χ1n) is 9.33. The van der Waals surface area contributed by atoms with Gasteiger partial charge in [-0.15, -0.1) is 0 Å². The Hall–Kier alpha value is -3.92. The normalized spacial score (nSPS) is 16.3. The van der Waals surface area contributed by atoms with E-state index in [1.807, 2.05) is 4.90 Å². The molecule has 10 heteroatoms. The van der Waals surface area contributed by atoms with Gasteiger partial charge in [-0.2, -0.15) is 0 Å². The highest BCUT2D eigenvalue weighted by molar-refractivity contribution is 7.07. The van der Waals surface area contributed by atoms with Crippen LogP contribution in [0.3, 0.4) is 0 Å². The van der Waals surface area contributed by atoms with Crippen molar-refractivity contribution in [1.29, 1.82) is 0 Å². The number of nitrogens with zero attached hydrogens (tertiary/aromatic N) is 3. The molecule has 0 spiro atoms. The predicted octanol–water partition coefficient (Wildman–Crippen LogP) is 0.822. The monoisotopic (exact) mass is 436 g/mol. The summed E-state index contributed by atoms with van der Waals surface area (Å²) in [7, 11) is 1.54. The Bertz CT molecular complexity index is 1420. The lowest BCUT2D eigenvalue weighted by atomic mass is 10.1. The Morgan fingerprint density at radius 2 is 1.97 bits per heavy atom. The second kappa shape index (κ2) is 7.10. The van der Waals surface area contributed by atoms with Gasteiger partial charge < -0.3 is 20.1 Å². The maximum atomic E-state index is 13.2. The quantitative estimate of drug-likeness (QED) is 0.629. The zero-order valence-corrected chi connectivity index (χ0v) is 17.1. The molecule has 3 heterocycles. The van der Waals surface area contributed by atoms with E-state index >= 15 is 0 Å². The van der Waals surface area contributed by atoms with Gasteiger partial charge in [-0.05, 0) is 42.5 Å². The first kappa shape index (κ1) is 19.1. The van der Waals surface area contributed by atoms with Crippen LogP contribution in [0, 0.1) is 0 Å². The molecule has 156 valence electrons. The number of carboxylic acid groups (broad SMARTS) is 1. The second-order valence-corrected chi connectivity index (χ2v) is 8.00. The van der Waals surface area contributed by atoms with Gasteiger partial charge in [-0.1, -0.05) is 11.3 Å². The number of amides is 1. The number of hydrogen-bond acceptors (Lipinski definition) is 7. The third-order valence-electron chi connectivity index (χ3n) is 5.23. The summed E-state index contributed by atoms with van der Waals surface area (Å²) in [5, 5.41) is 11.9. The van der Waals surface area contributed by atoms with Crippen LogP contribution in [0.2, 0.25) is 0 Å². The van der Waals surface area contributed by atoms with E-state index in [0.29, 0.717) is 38.6 Å². The number of carbonyl (C=O) groups excluding carboxylic acids is 1. The van der Waals surface area contributed by atoms with Crippen molar-refractivity contribution >= 4 is 40.2 Å². The van der Waals surface area contributed by atoms with Gasteiger partial charge in [-0.25, -0.2) is 9.79 Å². The number of benzene rings is 2. The van der Waals surface area contributed by atoms with Crippen LogP contribution < -0.4 is 29.8 Å². The Kier molecular flexibility index (Phi) is 4.36. The molecule has 5 rings (SSSR count). The van der Waals surface area contributed by atoms with Gasteiger partial charge in [0.1, 0.15) is 23.6 Å². The maximum absolute atomic E-state index is 13.2. The molecule has 0 aliphatic carbocycles. The molecule has 3 aromatic rings. The highest BCUT2D eigenvalue weighted by Gasteiger charge is 2.28. The van der Waals surface area contributed by atoms with Gasteiger partial charge in [0.05, 0.1) is 18.2 Å². The molecule has 1 aromatic heterocycles. The van der Waals surface area contributed by atoms with E-state index in [2.05, 4.69) is 10.3 Å². The van der Waals surface area contributed by atoms with Gasteiger partial charge in [0.25, 0.3) is 11.5 Å². The summed E-state index contributed by atoms with van der Waals surface area (Å²) in [5.41, 5.74) is 2.22. The highest BCUT2D eigenvalue weighted by atomic mass is 32.1. The summed E-state index contributed by atoms with van der Waals surface area (Å²) >= 11 is 1.18. The van der Waals surface area contributed by atoms with Gasteiger partial charge in [0.15, 0.2) is 4.80 Å². The number of carboxylic acids is 1. The average Bonchev–Trinajstić information content (AvgIpc) is 3.28. The molecule has 2 N–H and O–H groups in total. The number of anilines is 2. The zero-order chi connectivity index (χ0) is 21.7. The number of aromatic carboxylic acids is 1. The molecule has 0 atom stereocenters. The van der Waals surface area contributed by atoms with Crippen LogP contribution in [0.5, 0.6) is 5.75 Å². The molecule has 31 heavy (non-hydrogen) atoms. The van der Waals surface area contributed by atoms with Crippen LogP contribution in [-0.4, -0.2) is 35.3 Å². The smallest absolute Gasteiger partial charge is 0.335 e. The van der Waals surface area contributed by atoms with Crippen LogP contribution >= 0.6 is 11.3 Å². The average molecular weight is 436 g/mol. The molecule has 0 fully saturated rings. The van der Waals surface area contributed by atoms with Crippen molar-refractivity contribution < 1.29 is 19.4 Å². The van der Waals surface area contributed by atoms with E-state index in [4.69, 9.17) is 9.84 Å². The summed E-state index contributed by atoms with van der Waals surface area (Å²) in [6.45, 7) is 0.568. The molecular formula is C21H16N4O5S. The number of nitrogens with one attached hydrogen (secondary N) is 1. The number of hydrogen-bond donors (Lipinski definition) is 2. The number of fused-ring (bicyclic) bond motifs is 2. The van der Waals surface area contributed by atoms with E-state index in [0.717, 1.165) is 5.69 Å². The molecule has 0 saturated heterocycles. The highest BCUT2D eigenvalue weighted by Crippen LogP contribution is 2.33. The molecule has 9 nitrogen and oxygen atoms in total. The van der Waals surface area contributed by atoms with Crippen LogP contribution in [0.15, 0.2) is 52.3 Å². The molecule has 0 bridgehead atoms. The maximum Gasteiger partial charge on any atom is 0.335 e. The fourth-order valence-corrected chi connectivity index (χ4v) is 4.70. The van der Waals surface area contributed by atoms with Gasteiger partial charge >= 0.3 is 5.97 Å². The number of ether oxygens (including phenoxy) is 1. The minimum absolute atomic E-state index is 0.186. The third kappa shape index (κ3) is 3.08. The molecule has 0 unspecified atom stereocenters. The third-order valence-corrected chi connectivity index (χ3v) is 6.35. The Morgan fingerprint density at radius 1 is 1.19 bits per heavy atom. The van der Waals surface area contributed by atoms with Crippen molar-refractivity contribution in [3.8, 4) is 5.75 Å². The minimum Gasteiger partial charge on any atom is -0.497 e. The van der Waals surface area contributed by atoms with E-state index in [9.17, 15) is 14.4 Å². The van der Waals surface area contributed by atoms with Gasteiger partial charge in [-0.3, -0.25) is 14.2 Å². The number of aromatic nitrogens is 1. The largest absolute Gasteiger partial charge is 0.497 e. The Morgan fingerprint density at radius 3 is 2.68 bits per heavy atom. The van der Waals surface area contributed by atoms with Crippen molar-refractivity contribution in [2.75, 3.05) is 24.0 Å². The Labute approximate surface area is 179 Å². The van der Waals surface area contributed by atoms with E-state index in [1.165, 1.54) is 28.0 Å². The van der Waals surface area contributed by atoms with Crippen LogP contribution in [-0.2, 0) is 11.5 Å². The van der Waals surface area contributed by atoms with Crippen LogP contribution in [0.4, 0.5) is 11.4 Å². The molecule has 0 saturated carbocycles. The van der Waals surface area contributed by atoms with E-state index < -0.39 is 5.97 Å². The Balaban J connectivity index is 1.58. The van der Waals surface area contributed by atoms with Gasteiger partial charge in [0.2, 0.25) is 0 Å². The topological polar surface area (TPSA) is 113 Å².